The maximum atomic E-state index is 17.4. The van der Waals surface area contributed by atoms with Crippen LogP contribution in [0.5, 0.6) is 11.8 Å². The number of aromatic hydroxyl groups is 1. The summed E-state index contributed by atoms with van der Waals surface area (Å²) < 4.78 is 29.6. The lowest BCUT2D eigenvalue weighted by molar-refractivity contribution is -0.144. The molecule has 5 saturated heterocycles. The maximum Gasteiger partial charge on any atom is 0.410 e. The van der Waals surface area contributed by atoms with Gasteiger partial charge < -0.3 is 40.1 Å². The van der Waals surface area contributed by atoms with Crippen molar-refractivity contribution in [2.45, 2.75) is 162 Å². The van der Waals surface area contributed by atoms with Crippen LogP contribution in [0.2, 0.25) is 0 Å². The summed E-state index contributed by atoms with van der Waals surface area (Å²) >= 11 is 1.58. The molecule has 4 amide bonds. The van der Waals surface area contributed by atoms with Crippen molar-refractivity contribution >= 4 is 62.6 Å². The standard InChI is InChI=1S/C68H88FN11O8S/c1-10-44-12-11-13-47-31-50(81)32-52(56(44)47)58-57(69)59-53(34-70-58)62(78-35-48-18-19-49(36-78)80(48)66(86)88-68(7,8)9)75-65(74-59)87-29-28-76-24-20-42(21-25-76)30-43-22-26-77(27-23-43)38-55(83)73-61(67(4,5)6)64(85)79-37-51(82)33-54(79)63(84)72-40(2)45-14-16-46(17-15-45)60-41(3)71-39-89-60/h11-17,31-32,34,39-40,42-43,48-49,51,54,61,81-82H,10,18-30,33,35-38H2,1-9H3,(H,72,84)(H,73,83)/t40-,48?,49?,51+,54-,61+/m0/s1. The molecule has 5 fully saturated rings. The number of β-amino-alcohol motifs (C(OH)–C–C–N with tert-alkyl or cyclic N) is 1. The van der Waals surface area contributed by atoms with Crippen LogP contribution in [-0.2, 0) is 25.5 Å². The first-order valence-electron chi connectivity index (χ1n) is 32.0. The second kappa shape index (κ2) is 26.4. The number of nitrogens with one attached hydrogen (secondary N) is 2. The van der Waals surface area contributed by atoms with E-state index in [4.69, 9.17) is 24.4 Å². The zero-order chi connectivity index (χ0) is 63.1. The Bertz CT molecular complexity index is 3540. The number of carbonyl (C=O) groups excluding carboxylic acids is 4. The van der Waals surface area contributed by atoms with Gasteiger partial charge in [0.05, 0.1) is 52.2 Å². The molecule has 0 spiro atoms. The average molecular weight is 1240 g/mol. The number of rotatable bonds is 17. The molecule has 5 aliphatic rings. The number of aliphatic hydroxyl groups excluding tert-OH is 1. The molecular weight excluding hydrogens is 1150 g/mol. The second-order valence-corrected chi connectivity index (χ2v) is 28.4. The Morgan fingerprint density at radius 2 is 1.54 bits per heavy atom. The first kappa shape index (κ1) is 63.5. The van der Waals surface area contributed by atoms with Crippen molar-refractivity contribution in [3.8, 4) is 33.5 Å². The molecule has 2 unspecified atom stereocenters. The van der Waals surface area contributed by atoms with Gasteiger partial charge in [-0.2, -0.15) is 9.97 Å². The Hall–Kier alpha value is -7.07. The third kappa shape index (κ3) is 14.3. The van der Waals surface area contributed by atoms with Crippen molar-refractivity contribution in [3.05, 3.63) is 88.9 Å². The van der Waals surface area contributed by atoms with E-state index < -0.39 is 35.0 Å². The van der Waals surface area contributed by atoms with Crippen LogP contribution in [-0.4, -0.2) is 175 Å². The van der Waals surface area contributed by atoms with Gasteiger partial charge in [0.15, 0.2) is 5.82 Å². The molecule has 0 radical (unpaired) electrons. The number of halogens is 1. The Morgan fingerprint density at radius 1 is 0.854 bits per heavy atom. The van der Waals surface area contributed by atoms with Gasteiger partial charge in [-0.15, -0.1) is 11.3 Å². The lowest BCUT2D eigenvalue weighted by atomic mass is 9.83. The number of fused-ring (bicyclic) bond motifs is 4. The van der Waals surface area contributed by atoms with Crippen LogP contribution < -0.4 is 20.3 Å². The molecule has 6 aromatic rings. The predicted octanol–water partition coefficient (Wildman–Crippen LogP) is 9.84. The van der Waals surface area contributed by atoms with E-state index in [1.54, 1.807) is 29.7 Å². The van der Waals surface area contributed by atoms with Crippen LogP contribution in [0.1, 0.15) is 130 Å². The number of ether oxygens (including phenoxy) is 2. The molecule has 89 heavy (non-hydrogen) atoms. The minimum Gasteiger partial charge on any atom is -0.508 e. The van der Waals surface area contributed by atoms with Gasteiger partial charge >= 0.3 is 12.1 Å². The topological polar surface area (TPSA) is 219 Å². The summed E-state index contributed by atoms with van der Waals surface area (Å²) in [5.41, 5.74) is 5.08. The van der Waals surface area contributed by atoms with Gasteiger partial charge in [0.1, 0.15) is 47.1 Å². The number of amides is 4. The lowest BCUT2D eigenvalue weighted by Crippen LogP contribution is -2.59. The van der Waals surface area contributed by atoms with Gasteiger partial charge in [-0.25, -0.2) is 14.2 Å². The van der Waals surface area contributed by atoms with Crippen LogP contribution in [0, 0.1) is 30.0 Å². The number of anilines is 1. The Balaban J connectivity index is 0.672. The fourth-order valence-corrected chi connectivity index (χ4v) is 15.0. The number of carbonyl (C=O) groups is 4. The van der Waals surface area contributed by atoms with Crippen LogP contribution in [0.4, 0.5) is 15.0 Å². The zero-order valence-electron chi connectivity index (χ0n) is 53.1. The van der Waals surface area contributed by atoms with Gasteiger partial charge in [-0.3, -0.25) is 34.1 Å². The SMILES string of the molecule is CCc1cccc2cc(O)cc(-c3ncc4c(N5CC6CCC(C5)N6C(=O)OC(C)(C)C)nc(OCCN5CCC(CC6CCN(CC(=O)N[C@H](C(=O)N7C[C@H](O)C[C@H]7C(=O)N[C@@H](C)c7ccc(-c8scnc8C)cc7)C(C)(C)C)CC6)CC5)nc4c3F)c12. The van der Waals surface area contributed by atoms with E-state index in [1.165, 1.54) is 4.90 Å². The minimum atomic E-state index is -0.906. The van der Waals surface area contributed by atoms with Gasteiger partial charge in [-0.1, -0.05) is 70.2 Å². The molecule has 19 nitrogen and oxygen atoms in total. The summed E-state index contributed by atoms with van der Waals surface area (Å²) in [6.45, 7) is 22.7. The summed E-state index contributed by atoms with van der Waals surface area (Å²) in [6.07, 6.45) is 8.06. The molecule has 6 atom stereocenters. The van der Waals surface area contributed by atoms with Crippen LogP contribution >= 0.6 is 11.3 Å². The second-order valence-electron chi connectivity index (χ2n) is 27.5. The van der Waals surface area contributed by atoms with Gasteiger partial charge in [0.2, 0.25) is 17.7 Å². The number of likely N-dealkylation sites (tertiary alicyclic amines) is 3. The average Bonchev–Trinajstić information content (AvgIpc) is 1.83. The van der Waals surface area contributed by atoms with E-state index in [0.717, 1.165) is 109 Å². The summed E-state index contributed by atoms with van der Waals surface area (Å²) in [4.78, 5) is 85.4. The van der Waals surface area contributed by atoms with E-state index in [9.17, 15) is 29.4 Å². The number of phenols is 1. The molecule has 0 saturated carbocycles. The number of phenolic OH excluding ortho intramolecular Hbond substituents is 1. The quantitative estimate of drug-likeness (QED) is 0.0668. The molecule has 2 bridgehead atoms. The largest absolute Gasteiger partial charge is 0.508 e. The van der Waals surface area contributed by atoms with Crippen molar-refractivity contribution in [1.29, 1.82) is 0 Å². The minimum absolute atomic E-state index is 0.00670. The van der Waals surface area contributed by atoms with Crippen molar-refractivity contribution in [2.24, 2.45) is 17.3 Å². The van der Waals surface area contributed by atoms with Crippen LogP contribution in [0.25, 0.3) is 43.4 Å². The highest BCUT2D eigenvalue weighted by Gasteiger charge is 2.47. The lowest BCUT2D eigenvalue weighted by Gasteiger charge is -2.42. The molecule has 476 valence electrons. The molecule has 3 aromatic carbocycles. The van der Waals surface area contributed by atoms with Crippen molar-refractivity contribution in [2.75, 3.05) is 70.4 Å². The number of aromatic nitrogens is 4. The first-order chi connectivity index (χ1) is 42.5. The number of pyridine rings is 1. The summed E-state index contributed by atoms with van der Waals surface area (Å²) in [5, 5.41) is 29.9. The molecule has 0 aliphatic carbocycles. The van der Waals surface area contributed by atoms with Gasteiger partial charge in [0, 0.05) is 44.4 Å². The number of piperazine rings is 1. The number of aryl methyl sites for hydroxylation is 2. The monoisotopic (exact) mass is 1240 g/mol. The molecule has 8 heterocycles. The normalized spacial score (nSPS) is 21.4. The first-order valence-corrected chi connectivity index (χ1v) is 32.9. The van der Waals surface area contributed by atoms with Gasteiger partial charge in [0.25, 0.3) is 0 Å². The van der Waals surface area contributed by atoms with Crippen LogP contribution in [0.3, 0.4) is 0 Å². The number of benzene rings is 3. The Morgan fingerprint density at radius 3 is 2.18 bits per heavy atom. The summed E-state index contributed by atoms with van der Waals surface area (Å²) in [5.74, 6) is 0.0344. The van der Waals surface area contributed by atoms with E-state index in [0.29, 0.717) is 61.3 Å². The number of hydrogen-bond donors (Lipinski definition) is 4. The number of thiazole rings is 1. The van der Waals surface area contributed by atoms with Crippen LogP contribution in [0.15, 0.2) is 66.3 Å². The van der Waals surface area contributed by atoms with E-state index in [1.807, 2.05) is 115 Å². The van der Waals surface area contributed by atoms with Crippen molar-refractivity contribution < 1.29 is 43.3 Å². The third-order valence-electron chi connectivity index (χ3n) is 18.9. The molecule has 11 rings (SSSR count). The van der Waals surface area contributed by atoms with Crippen molar-refractivity contribution in [1.82, 2.24) is 50.2 Å². The number of nitrogens with zero attached hydrogens (tertiary/aromatic N) is 9. The fraction of sp³-hybridized carbons (Fsp3) is 0.559. The van der Waals surface area contributed by atoms with E-state index in [-0.39, 0.29) is 84.4 Å². The highest BCUT2D eigenvalue weighted by atomic mass is 32.1. The summed E-state index contributed by atoms with van der Waals surface area (Å²) in [7, 11) is 0. The molecule has 4 N–H and O–H groups in total. The number of piperidine rings is 2. The highest BCUT2D eigenvalue weighted by molar-refractivity contribution is 7.13. The fourth-order valence-electron chi connectivity index (χ4n) is 14.2. The van der Waals surface area contributed by atoms with Gasteiger partial charge in [-0.05, 0) is 169 Å². The van der Waals surface area contributed by atoms with E-state index in [2.05, 4.69) is 30.3 Å². The molecular formula is C68H88FN11O8S. The Labute approximate surface area is 525 Å². The number of hydrogen-bond acceptors (Lipinski definition) is 16. The molecule has 21 heteroatoms. The predicted molar refractivity (Wildman–Crippen MR) is 343 cm³/mol. The smallest absolute Gasteiger partial charge is 0.410 e. The summed E-state index contributed by atoms with van der Waals surface area (Å²) in [6, 6.07) is 14.8. The maximum absolute atomic E-state index is 17.4. The number of aliphatic hydroxyl groups is 1. The Kier molecular flexibility index (Phi) is 18.8. The molecule has 3 aromatic heterocycles. The molecule has 5 aliphatic heterocycles. The third-order valence-corrected chi connectivity index (χ3v) is 19.8. The highest BCUT2D eigenvalue weighted by Crippen LogP contribution is 2.41. The van der Waals surface area contributed by atoms with Crippen molar-refractivity contribution in [3.63, 3.8) is 0 Å². The van der Waals surface area contributed by atoms with E-state index >= 15 is 4.39 Å². The zero-order valence-corrected chi connectivity index (χ0v) is 53.9.